The largest absolute Gasteiger partial charge is 0.342 e. The first kappa shape index (κ1) is 13.2. The summed E-state index contributed by atoms with van der Waals surface area (Å²) in [7, 11) is 0. The van der Waals surface area contributed by atoms with Gasteiger partial charge in [0.2, 0.25) is 0 Å². The number of benzene rings is 1. The fraction of sp³-hybridized carbons (Fsp3) is 0.308. The van der Waals surface area contributed by atoms with E-state index >= 15 is 0 Å². The third kappa shape index (κ3) is 2.79. The van der Waals surface area contributed by atoms with E-state index in [0.717, 1.165) is 23.5 Å². The Labute approximate surface area is 114 Å². The molecule has 3 nitrogen and oxygen atoms in total. The number of aromatic amines is 1. The number of hydrogen-bond donors (Lipinski definition) is 2. The maximum Gasteiger partial charge on any atom is 0.124 e. The van der Waals surface area contributed by atoms with Gasteiger partial charge in [-0.2, -0.15) is 0 Å². The van der Waals surface area contributed by atoms with E-state index in [9.17, 15) is 4.39 Å². The summed E-state index contributed by atoms with van der Waals surface area (Å²) in [6.07, 6.45) is 2.65. The van der Waals surface area contributed by atoms with E-state index in [2.05, 4.69) is 32.8 Å². The molecule has 0 amide bonds. The molecule has 96 valence electrons. The van der Waals surface area contributed by atoms with Crippen molar-refractivity contribution in [1.29, 1.82) is 0 Å². The molecule has 3 N–H and O–H groups in total. The highest BCUT2D eigenvalue weighted by Crippen LogP contribution is 2.28. The van der Waals surface area contributed by atoms with Crippen LogP contribution in [-0.4, -0.2) is 16.5 Å². The number of H-pyrrole nitrogens is 1. The second-order valence-electron chi connectivity index (χ2n) is 4.28. The summed E-state index contributed by atoms with van der Waals surface area (Å²) in [6.45, 7) is 2.71. The van der Waals surface area contributed by atoms with Crippen LogP contribution in [0.3, 0.4) is 0 Å². The molecule has 2 rings (SSSR count). The first-order valence-electron chi connectivity index (χ1n) is 5.82. The lowest BCUT2D eigenvalue weighted by atomic mass is 10.1. The quantitative estimate of drug-likeness (QED) is 0.909. The number of nitrogens with zero attached hydrogens (tertiary/aromatic N) is 1. The maximum atomic E-state index is 13.0. The molecule has 1 unspecified atom stereocenters. The molecule has 0 bridgehead atoms. The first-order valence-corrected chi connectivity index (χ1v) is 6.61. The molecule has 0 fully saturated rings. The van der Waals surface area contributed by atoms with Crippen molar-refractivity contribution in [3.63, 3.8) is 0 Å². The standard InChI is InChI=1S/C13H15BrFN3/c1-8(4-5-16)13-17-7-12(18-13)10-3-2-9(15)6-11(10)14/h2-3,6-8H,4-5,16H2,1H3,(H,17,18). The zero-order chi connectivity index (χ0) is 13.1. The molecule has 0 radical (unpaired) electrons. The van der Waals surface area contributed by atoms with Gasteiger partial charge in [0.25, 0.3) is 0 Å². The number of rotatable bonds is 4. The summed E-state index contributed by atoms with van der Waals surface area (Å²) in [5, 5.41) is 0. The van der Waals surface area contributed by atoms with Crippen molar-refractivity contribution in [3.8, 4) is 11.3 Å². The van der Waals surface area contributed by atoms with Crippen LogP contribution < -0.4 is 5.73 Å². The Morgan fingerprint density at radius 3 is 2.94 bits per heavy atom. The highest BCUT2D eigenvalue weighted by Gasteiger charge is 2.11. The fourth-order valence-corrected chi connectivity index (χ4v) is 2.38. The Balaban J connectivity index is 2.29. The SMILES string of the molecule is CC(CCN)c1ncc(-c2ccc(F)cc2Br)[nH]1. The Hall–Kier alpha value is -1.20. The summed E-state index contributed by atoms with van der Waals surface area (Å²) in [5.74, 6) is 0.941. The Morgan fingerprint density at radius 1 is 1.50 bits per heavy atom. The van der Waals surface area contributed by atoms with Crippen LogP contribution in [0.15, 0.2) is 28.9 Å². The van der Waals surface area contributed by atoms with Crippen molar-refractivity contribution in [2.24, 2.45) is 5.73 Å². The monoisotopic (exact) mass is 311 g/mol. The fourth-order valence-electron chi connectivity index (χ4n) is 1.82. The van der Waals surface area contributed by atoms with E-state index in [1.807, 2.05) is 0 Å². The molecule has 0 aliphatic heterocycles. The second kappa shape index (κ2) is 5.63. The summed E-state index contributed by atoms with van der Waals surface area (Å²) >= 11 is 3.35. The van der Waals surface area contributed by atoms with Gasteiger partial charge in [0.1, 0.15) is 11.6 Å². The van der Waals surface area contributed by atoms with Crippen molar-refractivity contribution < 1.29 is 4.39 Å². The molecular weight excluding hydrogens is 297 g/mol. The molecule has 0 saturated carbocycles. The molecule has 1 aromatic heterocycles. The number of nitrogens with two attached hydrogens (primary N) is 1. The highest BCUT2D eigenvalue weighted by molar-refractivity contribution is 9.10. The Kier molecular flexibility index (Phi) is 4.14. The van der Waals surface area contributed by atoms with Gasteiger partial charge in [-0.1, -0.05) is 6.92 Å². The van der Waals surface area contributed by atoms with Crippen LogP contribution in [0.25, 0.3) is 11.3 Å². The van der Waals surface area contributed by atoms with Crippen molar-refractivity contribution >= 4 is 15.9 Å². The average Bonchev–Trinajstić information content (AvgIpc) is 2.78. The number of hydrogen-bond acceptors (Lipinski definition) is 2. The van der Waals surface area contributed by atoms with E-state index in [1.165, 1.54) is 12.1 Å². The van der Waals surface area contributed by atoms with Crippen molar-refractivity contribution in [2.45, 2.75) is 19.3 Å². The third-order valence-electron chi connectivity index (χ3n) is 2.88. The Bertz CT molecular complexity index is 539. The van der Waals surface area contributed by atoms with E-state index in [-0.39, 0.29) is 5.82 Å². The number of aromatic nitrogens is 2. The predicted octanol–water partition coefficient (Wildman–Crippen LogP) is 3.43. The normalized spacial score (nSPS) is 12.7. The minimum Gasteiger partial charge on any atom is -0.342 e. The van der Waals surface area contributed by atoms with Gasteiger partial charge in [-0.05, 0) is 47.1 Å². The molecule has 0 saturated heterocycles. The molecule has 5 heteroatoms. The molecular formula is C13H15BrFN3. The van der Waals surface area contributed by atoms with Gasteiger partial charge in [0.05, 0.1) is 11.9 Å². The summed E-state index contributed by atoms with van der Waals surface area (Å²) in [6, 6.07) is 4.60. The molecule has 0 aliphatic rings. The van der Waals surface area contributed by atoms with Crippen LogP contribution in [0.4, 0.5) is 4.39 Å². The zero-order valence-corrected chi connectivity index (χ0v) is 11.7. The van der Waals surface area contributed by atoms with Crippen molar-refractivity contribution in [3.05, 3.63) is 40.5 Å². The van der Waals surface area contributed by atoms with Crippen LogP contribution >= 0.6 is 15.9 Å². The first-order chi connectivity index (χ1) is 8.61. The third-order valence-corrected chi connectivity index (χ3v) is 3.54. The molecule has 0 spiro atoms. The van der Waals surface area contributed by atoms with E-state index in [1.54, 1.807) is 12.3 Å². The van der Waals surface area contributed by atoms with E-state index in [4.69, 9.17) is 5.73 Å². The summed E-state index contributed by atoms with van der Waals surface area (Å²) < 4.78 is 13.7. The Morgan fingerprint density at radius 2 is 2.28 bits per heavy atom. The molecule has 2 aromatic rings. The van der Waals surface area contributed by atoms with Crippen molar-refractivity contribution in [1.82, 2.24) is 9.97 Å². The van der Waals surface area contributed by atoms with Gasteiger partial charge in [-0.25, -0.2) is 9.37 Å². The lowest BCUT2D eigenvalue weighted by Gasteiger charge is -2.06. The molecule has 1 atom stereocenters. The summed E-state index contributed by atoms with van der Waals surface area (Å²) in [5.41, 5.74) is 7.31. The number of halogens is 2. The number of imidazole rings is 1. The van der Waals surface area contributed by atoms with Crippen LogP contribution in [-0.2, 0) is 0 Å². The highest BCUT2D eigenvalue weighted by atomic mass is 79.9. The zero-order valence-electron chi connectivity index (χ0n) is 10.1. The predicted molar refractivity (Wildman–Crippen MR) is 73.8 cm³/mol. The molecule has 1 aromatic carbocycles. The summed E-state index contributed by atoms with van der Waals surface area (Å²) in [4.78, 5) is 7.60. The lowest BCUT2D eigenvalue weighted by molar-refractivity contribution is 0.627. The number of nitrogens with one attached hydrogen (secondary N) is 1. The minimum absolute atomic E-state index is 0.262. The average molecular weight is 312 g/mol. The molecule has 18 heavy (non-hydrogen) atoms. The van der Waals surface area contributed by atoms with Gasteiger partial charge >= 0.3 is 0 Å². The second-order valence-corrected chi connectivity index (χ2v) is 5.14. The van der Waals surface area contributed by atoms with Crippen molar-refractivity contribution in [2.75, 3.05) is 6.54 Å². The van der Waals surface area contributed by atoms with Gasteiger partial charge in [-0.3, -0.25) is 0 Å². The van der Waals surface area contributed by atoms with Crippen LogP contribution in [0.5, 0.6) is 0 Å². The van der Waals surface area contributed by atoms with E-state index < -0.39 is 0 Å². The minimum atomic E-state index is -0.262. The smallest absolute Gasteiger partial charge is 0.124 e. The lowest BCUT2D eigenvalue weighted by Crippen LogP contribution is -2.05. The van der Waals surface area contributed by atoms with E-state index in [0.29, 0.717) is 16.9 Å². The van der Waals surface area contributed by atoms with Crippen LogP contribution in [0.2, 0.25) is 0 Å². The maximum absolute atomic E-state index is 13.0. The van der Waals surface area contributed by atoms with Gasteiger partial charge < -0.3 is 10.7 Å². The van der Waals surface area contributed by atoms with Gasteiger partial charge in [0, 0.05) is 16.0 Å². The van der Waals surface area contributed by atoms with Crippen LogP contribution in [0, 0.1) is 5.82 Å². The molecule has 0 aliphatic carbocycles. The topological polar surface area (TPSA) is 54.7 Å². The molecule has 1 heterocycles. The van der Waals surface area contributed by atoms with Gasteiger partial charge in [-0.15, -0.1) is 0 Å². The van der Waals surface area contributed by atoms with Crippen LogP contribution in [0.1, 0.15) is 25.1 Å². The van der Waals surface area contributed by atoms with Gasteiger partial charge in [0.15, 0.2) is 0 Å².